The molecule has 3 unspecified atom stereocenters. The number of nitrogens with two attached hydrogens (primary N) is 1. The molecule has 3 N–H and O–H groups in total. The van der Waals surface area contributed by atoms with Gasteiger partial charge < -0.3 is 34.4 Å². The fraction of sp³-hybridized carbons (Fsp3) is 0.469. The van der Waals surface area contributed by atoms with Crippen molar-refractivity contribution >= 4 is 17.6 Å². The molecular formula is C32H40N4O7. The van der Waals surface area contributed by atoms with E-state index in [1.54, 1.807) is 18.2 Å². The van der Waals surface area contributed by atoms with Crippen LogP contribution in [0, 0.1) is 12.8 Å². The van der Waals surface area contributed by atoms with Crippen LogP contribution in [0.4, 0.5) is 5.69 Å². The highest BCUT2D eigenvalue weighted by Crippen LogP contribution is 2.47. The molecule has 0 radical (unpaired) electrons. The summed E-state index contributed by atoms with van der Waals surface area (Å²) < 4.78 is 22.5. The lowest BCUT2D eigenvalue weighted by Crippen LogP contribution is -2.44. The van der Waals surface area contributed by atoms with Crippen molar-refractivity contribution in [2.45, 2.75) is 58.0 Å². The van der Waals surface area contributed by atoms with Crippen molar-refractivity contribution in [3.05, 3.63) is 65.4 Å². The van der Waals surface area contributed by atoms with Crippen molar-refractivity contribution in [3.8, 4) is 17.2 Å². The number of amides is 1. The smallest absolute Gasteiger partial charge is 0.308 e. The summed E-state index contributed by atoms with van der Waals surface area (Å²) in [7, 11) is 1.54. The Bertz CT molecular complexity index is 1440. The van der Waals surface area contributed by atoms with Crippen LogP contribution in [0.5, 0.6) is 17.2 Å². The first-order chi connectivity index (χ1) is 20.8. The molecule has 2 aliphatic heterocycles. The molecule has 3 atom stereocenters. The number of carboxylic acid groups (broad SMARTS) is 1. The monoisotopic (exact) mass is 592 g/mol. The van der Waals surface area contributed by atoms with Crippen LogP contribution >= 0.6 is 0 Å². The molecule has 1 amide bonds. The summed E-state index contributed by atoms with van der Waals surface area (Å²) in [6.07, 6.45) is 4.32. The number of oxazole rings is 1. The molecule has 3 heterocycles. The lowest BCUT2D eigenvalue weighted by atomic mass is 9.83. The average molecular weight is 593 g/mol. The summed E-state index contributed by atoms with van der Waals surface area (Å²) >= 11 is 0. The lowest BCUT2D eigenvalue weighted by molar-refractivity contribution is -0.143. The summed E-state index contributed by atoms with van der Waals surface area (Å²) in [6.45, 7) is 5.34. The number of rotatable bonds is 13. The first-order valence-electron chi connectivity index (χ1n) is 14.8. The van der Waals surface area contributed by atoms with Gasteiger partial charge in [0, 0.05) is 43.7 Å². The molecule has 1 fully saturated rings. The van der Waals surface area contributed by atoms with Crippen molar-refractivity contribution in [1.29, 1.82) is 0 Å². The zero-order valence-electron chi connectivity index (χ0n) is 25.0. The van der Waals surface area contributed by atoms with Gasteiger partial charge in [0.25, 0.3) is 0 Å². The van der Waals surface area contributed by atoms with Gasteiger partial charge in [-0.15, -0.1) is 0 Å². The number of fused-ring (bicyclic) bond motifs is 1. The minimum Gasteiger partial charge on any atom is -0.493 e. The molecule has 1 aromatic heterocycles. The van der Waals surface area contributed by atoms with E-state index < -0.39 is 23.8 Å². The van der Waals surface area contributed by atoms with E-state index in [1.165, 1.54) is 0 Å². The van der Waals surface area contributed by atoms with Gasteiger partial charge in [0.1, 0.15) is 5.76 Å². The molecule has 230 valence electrons. The van der Waals surface area contributed by atoms with Gasteiger partial charge in [-0.25, -0.2) is 4.98 Å². The van der Waals surface area contributed by atoms with Crippen LogP contribution in [0.25, 0.3) is 0 Å². The maximum atomic E-state index is 14.0. The first-order valence-corrected chi connectivity index (χ1v) is 14.8. The Labute approximate surface area is 251 Å². The van der Waals surface area contributed by atoms with Gasteiger partial charge in [-0.1, -0.05) is 25.5 Å². The van der Waals surface area contributed by atoms with Gasteiger partial charge in [-0.05, 0) is 55.2 Å². The molecule has 0 aliphatic carbocycles. The molecule has 11 nitrogen and oxygen atoms in total. The highest BCUT2D eigenvalue weighted by molar-refractivity contribution is 5.95. The number of nitrogens with zero attached hydrogens (tertiary/aromatic N) is 3. The fourth-order valence-corrected chi connectivity index (χ4v) is 6.17. The van der Waals surface area contributed by atoms with Gasteiger partial charge in [0.15, 0.2) is 17.4 Å². The molecule has 3 aromatic rings. The number of benzene rings is 2. The molecule has 0 bridgehead atoms. The zero-order valence-corrected chi connectivity index (χ0v) is 25.0. The Kier molecular flexibility index (Phi) is 9.52. The van der Waals surface area contributed by atoms with Gasteiger partial charge in [-0.2, -0.15) is 0 Å². The van der Waals surface area contributed by atoms with E-state index in [0.29, 0.717) is 61.4 Å². The van der Waals surface area contributed by atoms with E-state index >= 15 is 0 Å². The summed E-state index contributed by atoms with van der Waals surface area (Å²) in [5, 5.41) is 10.6. The molecular weight excluding hydrogens is 552 g/mol. The van der Waals surface area contributed by atoms with Gasteiger partial charge in [-0.3, -0.25) is 14.5 Å². The van der Waals surface area contributed by atoms with E-state index in [4.69, 9.17) is 24.4 Å². The summed E-state index contributed by atoms with van der Waals surface area (Å²) in [6, 6.07) is 10.9. The number of carbonyl (C=O) groups is 2. The van der Waals surface area contributed by atoms with Crippen LogP contribution in [-0.2, 0) is 22.6 Å². The van der Waals surface area contributed by atoms with E-state index in [-0.39, 0.29) is 19.2 Å². The highest BCUT2D eigenvalue weighted by Gasteiger charge is 2.47. The molecule has 43 heavy (non-hydrogen) atoms. The number of hydrogen-bond donors (Lipinski definition) is 2. The van der Waals surface area contributed by atoms with Crippen LogP contribution in [0.3, 0.4) is 0 Å². The van der Waals surface area contributed by atoms with E-state index in [9.17, 15) is 14.7 Å². The second kappa shape index (κ2) is 13.5. The number of unbranched alkanes of at least 4 members (excludes halogenated alkanes) is 1. The second-order valence-electron chi connectivity index (χ2n) is 11.1. The Morgan fingerprint density at radius 2 is 2.07 bits per heavy atom. The maximum absolute atomic E-state index is 14.0. The van der Waals surface area contributed by atoms with Crippen molar-refractivity contribution in [3.63, 3.8) is 0 Å². The van der Waals surface area contributed by atoms with Gasteiger partial charge in [0.2, 0.25) is 18.4 Å². The number of aliphatic carboxylic acids is 1. The predicted octanol–water partition coefficient (Wildman–Crippen LogP) is 4.11. The van der Waals surface area contributed by atoms with E-state index in [0.717, 1.165) is 29.7 Å². The Morgan fingerprint density at radius 3 is 2.77 bits per heavy atom. The molecule has 0 spiro atoms. The molecule has 2 aromatic carbocycles. The van der Waals surface area contributed by atoms with Crippen LogP contribution in [0.1, 0.15) is 54.9 Å². The largest absolute Gasteiger partial charge is 0.493 e. The van der Waals surface area contributed by atoms with Crippen molar-refractivity contribution in [1.82, 2.24) is 9.88 Å². The lowest BCUT2D eigenvalue weighted by Gasteiger charge is -2.30. The van der Waals surface area contributed by atoms with Crippen LogP contribution in [-0.4, -0.2) is 66.4 Å². The number of methoxy groups -OCH3 is 1. The number of carboxylic acids is 1. The number of likely N-dealkylation sites (tertiary alicyclic amines) is 1. The number of aryl methyl sites for hydroxylation is 2. The van der Waals surface area contributed by atoms with Crippen LogP contribution in [0.15, 0.2) is 47.0 Å². The number of carbonyl (C=O) groups excluding carboxylic acids is 1. The Hall–Kier alpha value is -4.09. The van der Waals surface area contributed by atoms with Crippen molar-refractivity contribution < 1.29 is 33.3 Å². The van der Waals surface area contributed by atoms with Crippen LogP contribution in [0.2, 0.25) is 0 Å². The third-order valence-corrected chi connectivity index (χ3v) is 8.30. The van der Waals surface area contributed by atoms with Gasteiger partial charge in [0.05, 0.1) is 25.8 Å². The zero-order chi connectivity index (χ0) is 30.5. The van der Waals surface area contributed by atoms with E-state index in [1.807, 2.05) is 48.2 Å². The minimum atomic E-state index is -0.927. The highest BCUT2D eigenvalue weighted by atomic mass is 16.7. The Morgan fingerprint density at radius 1 is 1.23 bits per heavy atom. The summed E-state index contributed by atoms with van der Waals surface area (Å²) in [5.41, 5.74) is 8.38. The molecule has 11 heteroatoms. The average Bonchev–Trinajstić information content (AvgIpc) is 3.74. The number of aromatic nitrogens is 1. The number of anilines is 1. The predicted molar refractivity (Wildman–Crippen MR) is 160 cm³/mol. The number of ether oxygens (including phenoxy) is 3. The maximum Gasteiger partial charge on any atom is 0.308 e. The SMILES string of the molecule is CCCCN(C(=O)CN1CC(c2cc(OC)c3c(c2)OCO3)C(C(=O)O)C1CCc1ncc(C)o1)c1cccc(CN)c1. The van der Waals surface area contributed by atoms with Crippen LogP contribution < -0.4 is 24.8 Å². The molecule has 1 saturated heterocycles. The normalized spacial score (nSPS) is 19.5. The molecule has 0 saturated carbocycles. The summed E-state index contributed by atoms with van der Waals surface area (Å²) in [4.78, 5) is 35.1. The molecule has 5 rings (SSSR count). The third-order valence-electron chi connectivity index (χ3n) is 8.30. The number of hydrogen-bond acceptors (Lipinski definition) is 9. The fourth-order valence-electron chi connectivity index (χ4n) is 6.17. The molecule has 2 aliphatic rings. The van der Waals surface area contributed by atoms with Crippen molar-refractivity contribution in [2.24, 2.45) is 11.7 Å². The van der Waals surface area contributed by atoms with Gasteiger partial charge >= 0.3 is 5.97 Å². The van der Waals surface area contributed by atoms with E-state index in [2.05, 4.69) is 11.9 Å². The third kappa shape index (κ3) is 6.62. The Balaban J connectivity index is 1.47. The second-order valence-corrected chi connectivity index (χ2v) is 11.1. The first kappa shape index (κ1) is 30.4. The topological polar surface area (TPSA) is 141 Å². The standard InChI is InChI=1S/C32H40N4O7/c1-4-5-11-36(23-8-6-7-21(12-23)15-33)29(37)18-35-17-24(22-13-26(40-3)31-27(14-22)41-19-42-31)30(32(38)39)25(35)9-10-28-34-16-20(2)43-28/h6-8,12-14,16,24-25,30H,4-5,9-11,15,17-19,33H2,1-3H3,(H,38,39). The summed E-state index contributed by atoms with van der Waals surface area (Å²) in [5.74, 6) is 0.519. The quantitative estimate of drug-likeness (QED) is 0.298. The minimum absolute atomic E-state index is 0.0633. The van der Waals surface area contributed by atoms with Crippen molar-refractivity contribution in [2.75, 3.05) is 38.4 Å².